The molecular formula is C67H49N5S3. The number of benzene rings is 9. The summed E-state index contributed by atoms with van der Waals surface area (Å²) in [7, 11) is 0. The topological polar surface area (TPSA) is 68.0 Å². The van der Waals surface area contributed by atoms with Gasteiger partial charge in [0.25, 0.3) is 0 Å². The predicted octanol–water partition coefficient (Wildman–Crippen LogP) is 17.9. The number of aromatic nitrogens is 1. The third-order valence-electron chi connectivity index (χ3n) is 13.4. The molecule has 0 amide bonds. The fourth-order valence-corrected chi connectivity index (χ4v) is 13.2. The van der Waals surface area contributed by atoms with Crippen molar-refractivity contribution in [2.24, 2.45) is 20.7 Å². The Morgan fingerprint density at radius 1 is 0.520 bits per heavy atom. The first-order valence-corrected chi connectivity index (χ1v) is 27.3. The lowest BCUT2D eigenvalue weighted by atomic mass is 9.99. The maximum atomic E-state index is 6.91. The molecule has 0 atom stereocenters. The zero-order valence-corrected chi connectivity index (χ0v) is 43.3. The van der Waals surface area contributed by atoms with E-state index in [1.54, 1.807) is 34.9 Å². The predicted molar refractivity (Wildman–Crippen MR) is 322 cm³/mol. The number of fused-ring (bicyclic) bond motifs is 7. The Morgan fingerprint density at radius 3 is 1.92 bits per heavy atom. The van der Waals surface area contributed by atoms with Crippen LogP contribution in [-0.4, -0.2) is 22.8 Å². The molecule has 13 rings (SSSR count). The molecule has 2 N–H and O–H groups in total. The van der Waals surface area contributed by atoms with E-state index in [2.05, 4.69) is 198 Å². The van der Waals surface area contributed by atoms with Gasteiger partial charge in [0.2, 0.25) is 0 Å². The van der Waals surface area contributed by atoms with Crippen LogP contribution in [0.25, 0.3) is 59.8 Å². The van der Waals surface area contributed by atoms with Gasteiger partial charge in [0.1, 0.15) is 12.5 Å². The second kappa shape index (κ2) is 21.5. The summed E-state index contributed by atoms with van der Waals surface area (Å²) in [6.07, 6.45) is 9.00. The van der Waals surface area contributed by atoms with Crippen LogP contribution in [-0.2, 0) is 13.1 Å². The summed E-state index contributed by atoms with van der Waals surface area (Å²) in [4.78, 5) is 22.1. The van der Waals surface area contributed by atoms with Crippen molar-refractivity contribution < 1.29 is 0 Å². The summed E-state index contributed by atoms with van der Waals surface area (Å²) >= 11 is 5.39. The minimum atomic E-state index is 0.439. The van der Waals surface area contributed by atoms with Crippen molar-refractivity contribution >= 4 is 97.1 Å². The fourth-order valence-electron chi connectivity index (χ4n) is 9.75. The van der Waals surface area contributed by atoms with E-state index >= 15 is 0 Å². The smallest absolute Gasteiger partial charge is 0.131 e. The SMILES string of the molecule is C=N/C(=C1/C=CC=C/C1=N/Cn1c2ccc(-c3ccc4c(c3)Sc3cc(C(N)=Nc5cc(-c6ccccc6)sc5Cc5ccccc5)ccc3S4)cc2c2c3ccccc3ccc21)c1ccccc1.c1ccccc1. The van der Waals surface area contributed by atoms with E-state index in [9.17, 15) is 0 Å². The number of aliphatic imine (C=N–C) groups is 3. The van der Waals surface area contributed by atoms with Crippen molar-refractivity contribution in [2.45, 2.75) is 32.7 Å². The standard InChI is InChI=1S/C61H43N5S3.C6H6/c1-63-60(42-20-9-4-10-21-42)47-23-13-14-24-49(47)64-38-66-51-29-26-43(34-48(51)59-46-22-12-11-17-40(46)25-30-52(59)66)44-27-31-53-57(35-44)69-58-36-45(28-32-54(58)67-53)61(62)65-50-37-55(41-18-7-3-8-19-41)68-56(50)33-39-15-5-2-6-16-39;1-2-4-6-5-3-1/h2-32,34-37H,1,33,38H2,(H2,62,65);1-6H/b60-47-,64-49-;. The molecule has 8 heteroatoms. The van der Waals surface area contributed by atoms with Crippen LogP contribution in [0.5, 0.6) is 0 Å². The van der Waals surface area contributed by atoms with Gasteiger partial charge in [-0.2, -0.15) is 0 Å². The average molecular weight is 1020 g/mol. The summed E-state index contributed by atoms with van der Waals surface area (Å²) < 4.78 is 2.34. The normalized spacial score (nSPS) is 14.1. The van der Waals surface area contributed by atoms with Crippen LogP contribution in [0.1, 0.15) is 21.6 Å². The quantitative estimate of drug-likeness (QED) is 0.110. The molecule has 0 spiro atoms. The second-order valence-corrected chi connectivity index (χ2v) is 21.5. The van der Waals surface area contributed by atoms with Gasteiger partial charge < -0.3 is 10.3 Å². The number of rotatable bonds is 10. The fraction of sp³-hybridized carbons (Fsp3) is 0.0299. The first kappa shape index (κ1) is 47.5. The van der Waals surface area contributed by atoms with E-state index in [4.69, 9.17) is 15.7 Å². The molecule has 0 fully saturated rings. The first-order chi connectivity index (χ1) is 37.0. The summed E-state index contributed by atoms with van der Waals surface area (Å²) in [5.74, 6) is 0.510. The lowest BCUT2D eigenvalue weighted by molar-refractivity contribution is 0.793. The molecule has 0 unspecified atom stereocenters. The summed E-state index contributed by atoms with van der Waals surface area (Å²) in [6.45, 7) is 4.38. The molecule has 0 saturated carbocycles. The molecule has 1 aliphatic carbocycles. The Labute approximate surface area is 449 Å². The Balaban J connectivity index is 0.000000888. The van der Waals surface area contributed by atoms with Crippen LogP contribution in [0, 0.1) is 0 Å². The van der Waals surface area contributed by atoms with Gasteiger partial charge in [-0.05, 0) is 94.4 Å². The third-order valence-corrected chi connectivity index (χ3v) is 17.1. The first-order valence-electron chi connectivity index (χ1n) is 24.8. The Hall–Kier alpha value is -8.53. The molecule has 0 radical (unpaired) electrons. The Morgan fingerprint density at radius 2 is 1.15 bits per heavy atom. The van der Waals surface area contributed by atoms with Gasteiger partial charge >= 0.3 is 0 Å². The highest BCUT2D eigenvalue weighted by atomic mass is 32.2. The van der Waals surface area contributed by atoms with E-state index in [0.717, 1.165) is 56.8 Å². The second-order valence-electron chi connectivity index (χ2n) is 18.2. The van der Waals surface area contributed by atoms with Gasteiger partial charge in [0.15, 0.2) is 0 Å². The number of nitrogens with two attached hydrogens (primary N) is 1. The summed E-state index contributed by atoms with van der Waals surface area (Å²) in [6, 6.07) is 78.8. The molecule has 11 aromatic rings. The molecule has 3 heterocycles. The number of thiophene rings is 1. The van der Waals surface area contributed by atoms with Crippen molar-refractivity contribution in [3.8, 4) is 21.6 Å². The van der Waals surface area contributed by atoms with E-state index < -0.39 is 0 Å². The minimum absolute atomic E-state index is 0.439. The summed E-state index contributed by atoms with van der Waals surface area (Å²) in [5.41, 5.74) is 19.4. The number of hydrogen-bond donors (Lipinski definition) is 1. The van der Waals surface area contributed by atoms with E-state index in [1.165, 1.54) is 67.6 Å². The maximum absolute atomic E-state index is 6.91. The molecule has 2 aliphatic rings. The van der Waals surface area contributed by atoms with E-state index in [1.807, 2.05) is 66.7 Å². The average Bonchev–Trinajstić information content (AvgIpc) is 4.02. The maximum Gasteiger partial charge on any atom is 0.131 e. The van der Waals surface area contributed by atoms with Crippen molar-refractivity contribution in [3.05, 3.63) is 276 Å². The van der Waals surface area contributed by atoms with Crippen LogP contribution in [0.15, 0.2) is 289 Å². The van der Waals surface area contributed by atoms with Crippen LogP contribution in [0.3, 0.4) is 0 Å². The van der Waals surface area contributed by atoms with Crippen molar-refractivity contribution in [3.63, 3.8) is 0 Å². The number of nitrogens with zero attached hydrogens (tertiary/aromatic N) is 4. The van der Waals surface area contributed by atoms with Crippen LogP contribution < -0.4 is 5.73 Å². The number of allylic oxidation sites excluding steroid dienone is 5. The highest BCUT2D eigenvalue weighted by molar-refractivity contribution is 8.05. The van der Waals surface area contributed by atoms with Gasteiger partial charge in [-0.25, -0.2) is 4.99 Å². The third kappa shape index (κ3) is 9.99. The largest absolute Gasteiger partial charge is 0.383 e. The van der Waals surface area contributed by atoms with Gasteiger partial charge in [-0.1, -0.05) is 218 Å². The van der Waals surface area contributed by atoms with E-state index in [-0.39, 0.29) is 0 Å². The molecule has 5 nitrogen and oxygen atoms in total. The highest BCUT2D eigenvalue weighted by Crippen LogP contribution is 2.50. The minimum Gasteiger partial charge on any atom is -0.383 e. The molecule has 0 saturated heterocycles. The zero-order chi connectivity index (χ0) is 50.5. The number of amidine groups is 1. The molecule has 360 valence electrons. The zero-order valence-electron chi connectivity index (χ0n) is 40.9. The van der Waals surface area contributed by atoms with E-state index in [0.29, 0.717) is 12.5 Å². The molecule has 75 heavy (non-hydrogen) atoms. The van der Waals surface area contributed by atoms with Gasteiger partial charge in [0, 0.05) is 63.2 Å². The van der Waals surface area contributed by atoms with Gasteiger partial charge in [-0.15, -0.1) is 11.3 Å². The van der Waals surface area contributed by atoms with Crippen LogP contribution >= 0.6 is 34.9 Å². The Kier molecular flexibility index (Phi) is 13.6. The van der Waals surface area contributed by atoms with Crippen molar-refractivity contribution in [2.75, 3.05) is 0 Å². The Bertz CT molecular complexity index is 4050. The summed E-state index contributed by atoms with van der Waals surface area (Å²) in [5, 5.41) is 4.86. The van der Waals surface area contributed by atoms with Gasteiger partial charge in [0.05, 0.1) is 28.1 Å². The molecule has 2 aromatic heterocycles. The lowest BCUT2D eigenvalue weighted by Crippen LogP contribution is -2.13. The molecule has 1 aliphatic heterocycles. The number of hydrogen-bond acceptors (Lipinski definition) is 6. The van der Waals surface area contributed by atoms with Gasteiger partial charge in [-0.3, -0.25) is 9.98 Å². The van der Waals surface area contributed by atoms with Crippen LogP contribution in [0.2, 0.25) is 0 Å². The van der Waals surface area contributed by atoms with Crippen molar-refractivity contribution in [1.82, 2.24) is 4.57 Å². The lowest BCUT2D eigenvalue weighted by Gasteiger charge is -2.20. The molecular weight excluding hydrogens is 971 g/mol. The molecule has 9 aromatic carbocycles. The van der Waals surface area contributed by atoms with Crippen molar-refractivity contribution in [1.29, 1.82) is 0 Å². The highest BCUT2D eigenvalue weighted by Gasteiger charge is 2.21. The monoisotopic (exact) mass is 1020 g/mol. The molecule has 0 bridgehead atoms. The van der Waals surface area contributed by atoms with Crippen LogP contribution in [0.4, 0.5) is 5.69 Å².